The number of aliphatic hydroxyl groups excluding tert-OH is 1. The van der Waals surface area contributed by atoms with Crippen molar-refractivity contribution in [2.45, 2.75) is 32.5 Å². The number of rotatable bonds is 5. The number of carbonyl (C=O) groups is 1. The van der Waals surface area contributed by atoms with Crippen LogP contribution in [0, 0.1) is 0 Å². The Hall–Kier alpha value is -0.870. The van der Waals surface area contributed by atoms with Gasteiger partial charge in [0, 0.05) is 25.0 Å². The maximum atomic E-state index is 11.0. The summed E-state index contributed by atoms with van der Waals surface area (Å²) in [4.78, 5) is 11.0. The maximum Gasteiger partial charge on any atom is 0.335 e. The number of aliphatic hydroxyl groups is 2. The third-order valence-corrected chi connectivity index (χ3v) is 1.69. The lowest BCUT2D eigenvalue weighted by atomic mass is 10.1. The van der Waals surface area contributed by atoms with Crippen LogP contribution < -0.4 is 0 Å². The molecule has 0 amide bonds. The first kappa shape index (κ1) is 12.1. The Balaban J connectivity index is 4.26. The van der Waals surface area contributed by atoms with Gasteiger partial charge in [-0.25, -0.2) is 4.79 Å². The monoisotopic (exact) mass is 188 g/mol. The molecule has 0 aromatic carbocycles. The van der Waals surface area contributed by atoms with Gasteiger partial charge in [-0.2, -0.15) is 0 Å². The molecule has 0 spiro atoms. The summed E-state index contributed by atoms with van der Waals surface area (Å²) >= 11 is 0. The van der Waals surface area contributed by atoms with Crippen molar-refractivity contribution in [1.82, 2.24) is 0 Å². The van der Waals surface area contributed by atoms with Crippen molar-refractivity contribution < 1.29 is 19.7 Å². The first-order valence-corrected chi connectivity index (χ1v) is 4.17. The second kappa shape index (κ2) is 4.99. The van der Waals surface area contributed by atoms with E-state index in [1.165, 1.54) is 6.92 Å². The molecule has 0 heterocycles. The highest BCUT2D eigenvalue weighted by molar-refractivity contribution is 5.87. The predicted octanol–water partition coefficient (Wildman–Crippen LogP) is 0.587. The van der Waals surface area contributed by atoms with E-state index in [1.807, 2.05) is 0 Å². The van der Waals surface area contributed by atoms with E-state index >= 15 is 0 Å². The Labute approximate surface area is 77.8 Å². The summed E-state index contributed by atoms with van der Waals surface area (Å²) < 4.78 is 4.75. The van der Waals surface area contributed by atoms with Crippen LogP contribution in [0.4, 0.5) is 0 Å². The Bertz CT molecular complexity index is 200. The second-order valence-electron chi connectivity index (χ2n) is 2.94. The highest BCUT2D eigenvalue weighted by atomic mass is 16.7. The number of esters is 1. The molecular weight excluding hydrogens is 172 g/mol. The molecule has 1 atom stereocenters. The topological polar surface area (TPSA) is 66.8 Å². The molecule has 0 aliphatic heterocycles. The third-order valence-electron chi connectivity index (χ3n) is 1.69. The largest absolute Gasteiger partial charge is 0.430 e. The lowest BCUT2D eigenvalue weighted by Crippen LogP contribution is -2.35. The summed E-state index contributed by atoms with van der Waals surface area (Å²) in [6, 6.07) is 0. The zero-order valence-corrected chi connectivity index (χ0v) is 8.04. The van der Waals surface area contributed by atoms with Crippen LogP contribution in [0.3, 0.4) is 0 Å². The molecule has 0 aliphatic carbocycles. The first-order chi connectivity index (χ1) is 5.95. The Morgan fingerprint density at radius 1 is 1.62 bits per heavy atom. The van der Waals surface area contributed by atoms with Crippen molar-refractivity contribution in [2.75, 3.05) is 6.61 Å². The predicted molar refractivity (Wildman–Crippen MR) is 47.8 cm³/mol. The van der Waals surface area contributed by atoms with E-state index in [1.54, 1.807) is 6.92 Å². The molecule has 4 nitrogen and oxygen atoms in total. The quantitative estimate of drug-likeness (QED) is 0.376. The summed E-state index contributed by atoms with van der Waals surface area (Å²) in [5.41, 5.74) is 0.227. The average molecular weight is 188 g/mol. The Morgan fingerprint density at radius 3 is 2.46 bits per heavy atom. The Morgan fingerprint density at radius 2 is 2.15 bits per heavy atom. The van der Waals surface area contributed by atoms with E-state index < -0.39 is 11.8 Å². The van der Waals surface area contributed by atoms with Crippen molar-refractivity contribution in [2.24, 2.45) is 0 Å². The van der Waals surface area contributed by atoms with Crippen LogP contribution in [0.5, 0.6) is 0 Å². The summed E-state index contributed by atoms with van der Waals surface area (Å²) in [7, 11) is 0. The number of carbonyl (C=O) groups excluding carboxylic acids is 1. The van der Waals surface area contributed by atoms with Gasteiger partial charge in [-0.1, -0.05) is 13.5 Å². The second-order valence-corrected chi connectivity index (χ2v) is 2.94. The molecule has 1 unspecified atom stereocenters. The normalized spacial score (nSPS) is 14.8. The van der Waals surface area contributed by atoms with Crippen molar-refractivity contribution in [3.05, 3.63) is 12.2 Å². The van der Waals surface area contributed by atoms with Gasteiger partial charge in [-0.3, -0.25) is 0 Å². The van der Waals surface area contributed by atoms with Crippen LogP contribution in [0.25, 0.3) is 0 Å². The van der Waals surface area contributed by atoms with E-state index in [4.69, 9.17) is 9.84 Å². The molecule has 0 aliphatic rings. The van der Waals surface area contributed by atoms with Gasteiger partial charge < -0.3 is 14.9 Å². The molecular formula is C9H16O4. The van der Waals surface area contributed by atoms with Gasteiger partial charge in [0.2, 0.25) is 5.79 Å². The third kappa shape index (κ3) is 4.05. The minimum atomic E-state index is -1.56. The molecule has 76 valence electrons. The molecule has 13 heavy (non-hydrogen) atoms. The van der Waals surface area contributed by atoms with Crippen molar-refractivity contribution in [1.29, 1.82) is 0 Å². The molecule has 0 radical (unpaired) electrons. The number of hydrogen-bond donors (Lipinski definition) is 2. The van der Waals surface area contributed by atoms with Gasteiger partial charge in [0.05, 0.1) is 0 Å². The smallest absolute Gasteiger partial charge is 0.335 e. The summed E-state index contributed by atoms with van der Waals surface area (Å²) in [6.45, 7) is 6.32. The maximum absolute atomic E-state index is 11.0. The molecule has 0 saturated carbocycles. The van der Waals surface area contributed by atoms with Crippen LogP contribution in [0.2, 0.25) is 0 Å². The van der Waals surface area contributed by atoms with Crippen LogP contribution in [-0.4, -0.2) is 28.6 Å². The van der Waals surface area contributed by atoms with Crippen LogP contribution in [-0.2, 0) is 9.53 Å². The minimum Gasteiger partial charge on any atom is -0.430 e. The molecule has 0 saturated heterocycles. The highest BCUT2D eigenvalue weighted by Gasteiger charge is 2.28. The van der Waals surface area contributed by atoms with Gasteiger partial charge in [0.1, 0.15) is 0 Å². The van der Waals surface area contributed by atoms with E-state index in [-0.39, 0.29) is 25.0 Å². The highest BCUT2D eigenvalue weighted by Crippen LogP contribution is 2.17. The molecule has 0 rings (SSSR count). The van der Waals surface area contributed by atoms with Gasteiger partial charge in [0.25, 0.3) is 0 Å². The van der Waals surface area contributed by atoms with Gasteiger partial charge in [-0.15, -0.1) is 0 Å². The van der Waals surface area contributed by atoms with Gasteiger partial charge in [-0.05, 0) is 6.92 Å². The molecule has 0 aromatic rings. The van der Waals surface area contributed by atoms with E-state index in [0.717, 1.165) is 0 Å². The number of ether oxygens (including phenoxy) is 1. The van der Waals surface area contributed by atoms with E-state index in [0.29, 0.717) is 0 Å². The minimum absolute atomic E-state index is 0.0164. The van der Waals surface area contributed by atoms with Gasteiger partial charge in [0.15, 0.2) is 0 Å². The summed E-state index contributed by atoms with van der Waals surface area (Å²) in [5, 5.41) is 18.2. The van der Waals surface area contributed by atoms with Crippen molar-refractivity contribution in [3.8, 4) is 0 Å². The van der Waals surface area contributed by atoms with Gasteiger partial charge >= 0.3 is 5.97 Å². The summed E-state index contributed by atoms with van der Waals surface area (Å²) in [6.07, 6.45) is 0.259. The molecule has 4 heteroatoms. The zero-order chi connectivity index (χ0) is 10.5. The fourth-order valence-corrected chi connectivity index (χ4v) is 0.734. The van der Waals surface area contributed by atoms with Crippen LogP contribution in [0.1, 0.15) is 26.7 Å². The SMILES string of the molecule is C=C(C)C(=O)OC(O)(CC)CCO. The average Bonchev–Trinajstić information content (AvgIpc) is 2.04. The Kier molecular flexibility index (Phi) is 4.66. The summed E-state index contributed by atoms with van der Waals surface area (Å²) in [5.74, 6) is -2.21. The standard InChI is InChI=1S/C9H16O4/c1-4-9(12,5-6-10)13-8(11)7(2)3/h10,12H,2,4-6H2,1,3H3. The molecule has 0 bridgehead atoms. The first-order valence-electron chi connectivity index (χ1n) is 4.17. The van der Waals surface area contributed by atoms with Crippen molar-refractivity contribution >= 4 is 5.97 Å². The fraction of sp³-hybridized carbons (Fsp3) is 0.667. The lowest BCUT2D eigenvalue weighted by molar-refractivity contribution is -0.211. The van der Waals surface area contributed by atoms with E-state index in [2.05, 4.69) is 6.58 Å². The van der Waals surface area contributed by atoms with Crippen molar-refractivity contribution in [3.63, 3.8) is 0 Å². The lowest BCUT2D eigenvalue weighted by Gasteiger charge is -2.25. The number of hydrogen-bond acceptors (Lipinski definition) is 4. The zero-order valence-electron chi connectivity index (χ0n) is 8.04. The fourth-order valence-electron chi connectivity index (χ4n) is 0.734. The van der Waals surface area contributed by atoms with Crippen LogP contribution >= 0.6 is 0 Å². The molecule has 2 N–H and O–H groups in total. The molecule has 0 fully saturated rings. The molecule has 0 aromatic heterocycles. The van der Waals surface area contributed by atoms with E-state index in [9.17, 15) is 9.90 Å². The van der Waals surface area contributed by atoms with Crippen LogP contribution in [0.15, 0.2) is 12.2 Å².